The molecule has 0 spiro atoms. The Balaban J connectivity index is 2.06. The first-order chi connectivity index (χ1) is 5.86. The summed E-state index contributed by atoms with van der Waals surface area (Å²) in [6.07, 6.45) is 1.12. The number of halogens is 1. The largest absolute Gasteiger partial charge is 0.316 e. The van der Waals surface area contributed by atoms with Crippen LogP contribution < -0.4 is 5.32 Å². The number of benzene rings is 1. The van der Waals surface area contributed by atoms with E-state index in [2.05, 4.69) is 11.4 Å². The fraction of sp³-hybridized carbons (Fsp3) is 0.400. The first-order valence-electron chi connectivity index (χ1n) is 4.30. The predicted molar refractivity (Wildman–Crippen MR) is 51.5 cm³/mol. The molecular weight excluding hydrogens is 170 g/mol. The normalized spacial score (nSPS) is 17.4. The summed E-state index contributed by atoms with van der Waals surface area (Å²) in [6, 6.07) is 8.10. The zero-order valence-corrected chi connectivity index (χ0v) is 7.64. The highest BCUT2D eigenvalue weighted by atomic mass is 35.5. The fourth-order valence-corrected chi connectivity index (χ4v) is 1.68. The van der Waals surface area contributed by atoms with E-state index in [9.17, 15) is 0 Å². The summed E-state index contributed by atoms with van der Waals surface area (Å²) in [7, 11) is 0. The second-order valence-corrected chi connectivity index (χ2v) is 3.73. The molecule has 1 saturated heterocycles. The maximum Gasteiger partial charge on any atom is 0.0438 e. The van der Waals surface area contributed by atoms with Crippen LogP contribution in [-0.2, 0) is 6.42 Å². The van der Waals surface area contributed by atoms with Crippen LogP contribution in [0.15, 0.2) is 24.3 Å². The van der Waals surface area contributed by atoms with Crippen molar-refractivity contribution in [3.05, 3.63) is 34.9 Å². The van der Waals surface area contributed by atoms with E-state index in [1.807, 2.05) is 18.2 Å². The van der Waals surface area contributed by atoms with Crippen molar-refractivity contribution in [2.75, 3.05) is 13.1 Å². The summed E-state index contributed by atoms with van der Waals surface area (Å²) in [5.41, 5.74) is 1.28. The van der Waals surface area contributed by atoms with Crippen LogP contribution in [0.4, 0.5) is 0 Å². The lowest BCUT2D eigenvalue weighted by molar-refractivity contribution is 0.346. The zero-order valence-electron chi connectivity index (χ0n) is 6.89. The molecule has 0 atom stereocenters. The van der Waals surface area contributed by atoms with E-state index < -0.39 is 0 Å². The fourth-order valence-electron chi connectivity index (χ4n) is 1.47. The van der Waals surface area contributed by atoms with Crippen LogP contribution in [-0.4, -0.2) is 13.1 Å². The highest BCUT2D eigenvalue weighted by Gasteiger charge is 2.17. The lowest BCUT2D eigenvalue weighted by atomic mass is 9.94. The standard InChI is InChI=1S/C10H12ClN/c11-10-4-2-1-3-9(10)5-8-6-12-7-8/h1-4,8,12H,5-7H2. The maximum atomic E-state index is 6.03. The molecule has 12 heavy (non-hydrogen) atoms. The molecule has 0 bridgehead atoms. The lowest BCUT2D eigenvalue weighted by Gasteiger charge is -2.27. The van der Waals surface area contributed by atoms with Crippen LogP contribution in [0.2, 0.25) is 5.02 Å². The molecule has 0 unspecified atom stereocenters. The van der Waals surface area contributed by atoms with E-state index >= 15 is 0 Å². The predicted octanol–water partition coefficient (Wildman–Crippen LogP) is 2.10. The van der Waals surface area contributed by atoms with Crippen molar-refractivity contribution < 1.29 is 0 Å². The van der Waals surface area contributed by atoms with Crippen LogP contribution >= 0.6 is 11.6 Å². The highest BCUT2D eigenvalue weighted by molar-refractivity contribution is 6.31. The van der Waals surface area contributed by atoms with Gasteiger partial charge in [-0.25, -0.2) is 0 Å². The summed E-state index contributed by atoms with van der Waals surface area (Å²) in [5, 5.41) is 4.16. The van der Waals surface area contributed by atoms with E-state index in [1.165, 1.54) is 5.56 Å². The summed E-state index contributed by atoms with van der Waals surface area (Å²) >= 11 is 6.03. The molecule has 0 radical (unpaired) electrons. The van der Waals surface area contributed by atoms with Crippen LogP contribution in [0.25, 0.3) is 0 Å². The van der Waals surface area contributed by atoms with Crippen molar-refractivity contribution in [1.82, 2.24) is 5.32 Å². The Labute approximate surface area is 77.7 Å². The molecule has 1 heterocycles. The number of hydrogen-bond acceptors (Lipinski definition) is 1. The van der Waals surface area contributed by atoms with Gasteiger partial charge in [0.15, 0.2) is 0 Å². The Morgan fingerprint density at radius 3 is 2.67 bits per heavy atom. The Hall–Kier alpha value is -0.530. The topological polar surface area (TPSA) is 12.0 Å². The molecule has 1 aromatic rings. The molecule has 0 aliphatic carbocycles. The SMILES string of the molecule is Clc1ccccc1CC1CNC1. The van der Waals surface area contributed by atoms with Crippen LogP contribution in [0.5, 0.6) is 0 Å². The highest BCUT2D eigenvalue weighted by Crippen LogP contribution is 2.20. The average molecular weight is 182 g/mol. The third-order valence-electron chi connectivity index (χ3n) is 2.33. The van der Waals surface area contributed by atoms with Gasteiger partial charge in [-0.2, -0.15) is 0 Å². The summed E-state index contributed by atoms with van der Waals surface area (Å²) in [5.74, 6) is 0.796. The molecule has 0 amide bonds. The number of hydrogen-bond donors (Lipinski definition) is 1. The minimum Gasteiger partial charge on any atom is -0.316 e. The summed E-state index contributed by atoms with van der Waals surface area (Å²) < 4.78 is 0. The Kier molecular flexibility index (Phi) is 2.33. The molecule has 1 nitrogen and oxygen atoms in total. The van der Waals surface area contributed by atoms with Gasteiger partial charge in [0.1, 0.15) is 0 Å². The third kappa shape index (κ3) is 1.62. The van der Waals surface area contributed by atoms with Gasteiger partial charge >= 0.3 is 0 Å². The number of nitrogens with one attached hydrogen (secondary N) is 1. The Bertz CT molecular complexity index is 268. The molecule has 64 valence electrons. The molecule has 1 fully saturated rings. The van der Waals surface area contributed by atoms with Crippen molar-refractivity contribution in [2.45, 2.75) is 6.42 Å². The molecule has 1 aliphatic heterocycles. The monoisotopic (exact) mass is 181 g/mol. The quantitative estimate of drug-likeness (QED) is 0.737. The van der Waals surface area contributed by atoms with Crippen molar-refractivity contribution >= 4 is 11.6 Å². The van der Waals surface area contributed by atoms with Crippen molar-refractivity contribution in [1.29, 1.82) is 0 Å². The van der Waals surface area contributed by atoms with Gasteiger partial charge in [0.25, 0.3) is 0 Å². The van der Waals surface area contributed by atoms with Crippen molar-refractivity contribution in [3.8, 4) is 0 Å². The molecule has 0 saturated carbocycles. The Morgan fingerprint density at radius 1 is 1.33 bits per heavy atom. The summed E-state index contributed by atoms with van der Waals surface area (Å²) in [6.45, 7) is 2.29. The maximum absolute atomic E-state index is 6.03. The van der Waals surface area contributed by atoms with Crippen LogP contribution in [0, 0.1) is 5.92 Å². The molecule has 0 aromatic heterocycles. The van der Waals surface area contributed by atoms with Crippen molar-refractivity contribution in [3.63, 3.8) is 0 Å². The zero-order chi connectivity index (χ0) is 8.39. The first kappa shape index (κ1) is 8.09. The van der Waals surface area contributed by atoms with E-state index in [1.54, 1.807) is 0 Å². The van der Waals surface area contributed by atoms with Gasteiger partial charge in [0.2, 0.25) is 0 Å². The van der Waals surface area contributed by atoms with Gasteiger partial charge in [-0.3, -0.25) is 0 Å². The van der Waals surface area contributed by atoms with Gasteiger partial charge in [0.05, 0.1) is 0 Å². The molecule has 2 heteroatoms. The molecule has 1 aliphatic rings. The second kappa shape index (κ2) is 3.46. The van der Waals surface area contributed by atoms with Gasteiger partial charge in [-0.1, -0.05) is 29.8 Å². The van der Waals surface area contributed by atoms with Gasteiger partial charge < -0.3 is 5.32 Å². The average Bonchev–Trinajstić information content (AvgIpc) is 2.00. The second-order valence-electron chi connectivity index (χ2n) is 3.32. The number of rotatable bonds is 2. The first-order valence-corrected chi connectivity index (χ1v) is 4.68. The summed E-state index contributed by atoms with van der Waals surface area (Å²) in [4.78, 5) is 0. The van der Waals surface area contributed by atoms with Crippen LogP contribution in [0.3, 0.4) is 0 Å². The van der Waals surface area contributed by atoms with E-state index in [4.69, 9.17) is 11.6 Å². The molecule has 1 N–H and O–H groups in total. The van der Waals surface area contributed by atoms with Crippen LogP contribution in [0.1, 0.15) is 5.56 Å². The van der Waals surface area contributed by atoms with Crippen molar-refractivity contribution in [2.24, 2.45) is 5.92 Å². The Morgan fingerprint density at radius 2 is 2.08 bits per heavy atom. The third-order valence-corrected chi connectivity index (χ3v) is 2.70. The van der Waals surface area contributed by atoms with E-state index in [0.717, 1.165) is 30.5 Å². The smallest absolute Gasteiger partial charge is 0.0438 e. The van der Waals surface area contributed by atoms with Gasteiger partial charge in [-0.15, -0.1) is 0 Å². The molecule has 2 rings (SSSR count). The molecule has 1 aromatic carbocycles. The minimum atomic E-state index is 0.796. The molecular formula is C10H12ClN. The van der Waals surface area contributed by atoms with E-state index in [0.29, 0.717) is 0 Å². The van der Waals surface area contributed by atoms with Gasteiger partial charge in [-0.05, 0) is 37.1 Å². The lowest BCUT2D eigenvalue weighted by Crippen LogP contribution is -2.43. The van der Waals surface area contributed by atoms with E-state index in [-0.39, 0.29) is 0 Å². The minimum absolute atomic E-state index is 0.796. The van der Waals surface area contributed by atoms with Gasteiger partial charge in [0, 0.05) is 5.02 Å².